The quantitative estimate of drug-likeness (QED) is 0.764. The summed E-state index contributed by atoms with van der Waals surface area (Å²) in [7, 11) is 3.21. The summed E-state index contributed by atoms with van der Waals surface area (Å²) in [6, 6.07) is 15.6. The molecule has 0 saturated carbocycles. The van der Waals surface area contributed by atoms with Crippen molar-refractivity contribution in [2.24, 2.45) is 0 Å². The van der Waals surface area contributed by atoms with E-state index in [1.165, 1.54) is 0 Å². The Morgan fingerprint density at radius 1 is 0.850 bits per heavy atom. The third-order valence-corrected chi connectivity index (χ3v) is 2.97. The monoisotopic (exact) mass is 270 g/mol. The molecule has 0 fully saturated rings. The fourth-order valence-electron chi connectivity index (χ4n) is 1.85. The summed E-state index contributed by atoms with van der Waals surface area (Å²) in [5.41, 5.74) is 2.14. The van der Waals surface area contributed by atoms with E-state index >= 15 is 0 Å². The molecule has 3 heteroatoms. The van der Waals surface area contributed by atoms with Gasteiger partial charge in [-0.2, -0.15) is 0 Å². The largest absolute Gasteiger partial charge is 0.493 e. The Hall–Kier alpha value is -2.42. The first-order valence-corrected chi connectivity index (χ1v) is 6.36. The zero-order valence-electron chi connectivity index (χ0n) is 11.9. The van der Waals surface area contributed by atoms with E-state index in [1.54, 1.807) is 20.5 Å². The summed E-state index contributed by atoms with van der Waals surface area (Å²) in [6.07, 6.45) is 1.70. The van der Waals surface area contributed by atoms with Gasteiger partial charge < -0.3 is 14.2 Å². The molecule has 0 heterocycles. The molecule has 2 aromatic carbocycles. The lowest BCUT2D eigenvalue weighted by atomic mass is 10.1. The summed E-state index contributed by atoms with van der Waals surface area (Å²) >= 11 is 0. The highest BCUT2D eigenvalue weighted by Crippen LogP contribution is 2.37. The number of hydrogen-bond donors (Lipinski definition) is 0. The van der Waals surface area contributed by atoms with Crippen molar-refractivity contribution in [1.82, 2.24) is 0 Å². The van der Waals surface area contributed by atoms with Gasteiger partial charge in [-0.25, -0.2) is 0 Å². The standard InChI is InChI=1S/C17H18O3/c1-13(14-8-5-4-6-9-14)12-20-17-15(18-2)10-7-11-16(17)19-3/h4-12H,1-3H3/b13-12+. The van der Waals surface area contributed by atoms with E-state index in [1.807, 2.05) is 55.5 Å². The van der Waals surface area contributed by atoms with Crippen molar-refractivity contribution in [2.45, 2.75) is 6.92 Å². The fraction of sp³-hybridized carbons (Fsp3) is 0.176. The van der Waals surface area contributed by atoms with Crippen LogP contribution in [0.25, 0.3) is 5.57 Å². The first-order valence-electron chi connectivity index (χ1n) is 6.36. The van der Waals surface area contributed by atoms with E-state index in [9.17, 15) is 0 Å². The Morgan fingerprint density at radius 2 is 1.45 bits per heavy atom. The van der Waals surface area contributed by atoms with Gasteiger partial charge in [-0.3, -0.25) is 0 Å². The third kappa shape index (κ3) is 3.12. The number of hydrogen-bond acceptors (Lipinski definition) is 3. The molecule has 0 amide bonds. The van der Waals surface area contributed by atoms with Crippen LogP contribution in [0, 0.1) is 0 Å². The van der Waals surface area contributed by atoms with Crippen molar-refractivity contribution in [3.05, 3.63) is 60.4 Å². The maximum Gasteiger partial charge on any atom is 0.210 e. The molecule has 0 saturated heterocycles. The summed E-state index contributed by atoms with van der Waals surface area (Å²) in [4.78, 5) is 0. The lowest BCUT2D eigenvalue weighted by Crippen LogP contribution is -1.94. The summed E-state index contributed by atoms with van der Waals surface area (Å²) < 4.78 is 16.3. The van der Waals surface area contributed by atoms with Gasteiger partial charge in [0.05, 0.1) is 20.5 Å². The Balaban J connectivity index is 2.26. The lowest BCUT2D eigenvalue weighted by Gasteiger charge is -2.12. The average molecular weight is 270 g/mol. The van der Waals surface area contributed by atoms with Crippen molar-refractivity contribution in [3.8, 4) is 17.2 Å². The number of methoxy groups -OCH3 is 2. The number of rotatable bonds is 5. The van der Waals surface area contributed by atoms with Crippen LogP contribution in [0.4, 0.5) is 0 Å². The molecule has 0 aromatic heterocycles. The van der Waals surface area contributed by atoms with Gasteiger partial charge in [0.2, 0.25) is 5.75 Å². The van der Waals surface area contributed by atoms with E-state index in [4.69, 9.17) is 14.2 Å². The minimum Gasteiger partial charge on any atom is -0.493 e. The Morgan fingerprint density at radius 3 is 2.00 bits per heavy atom. The Labute approximate surface area is 119 Å². The second-order valence-corrected chi connectivity index (χ2v) is 4.28. The maximum atomic E-state index is 5.75. The van der Waals surface area contributed by atoms with Crippen molar-refractivity contribution in [3.63, 3.8) is 0 Å². The number of para-hydroxylation sites is 1. The zero-order valence-corrected chi connectivity index (χ0v) is 11.9. The van der Waals surface area contributed by atoms with E-state index in [-0.39, 0.29) is 0 Å². The van der Waals surface area contributed by atoms with E-state index in [2.05, 4.69) is 0 Å². The third-order valence-electron chi connectivity index (χ3n) is 2.97. The van der Waals surface area contributed by atoms with Crippen LogP contribution >= 0.6 is 0 Å². The molecule has 0 spiro atoms. The number of benzene rings is 2. The van der Waals surface area contributed by atoms with Crippen molar-refractivity contribution in [1.29, 1.82) is 0 Å². The van der Waals surface area contributed by atoms with Crippen LogP contribution < -0.4 is 14.2 Å². The van der Waals surface area contributed by atoms with Gasteiger partial charge in [0.1, 0.15) is 0 Å². The molecule has 2 aromatic rings. The summed E-state index contributed by atoms with van der Waals surface area (Å²) in [6.45, 7) is 2.00. The molecule has 0 radical (unpaired) electrons. The van der Waals surface area contributed by atoms with E-state index < -0.39 is 0 Å². The number of ether oxygens (including phenoxy) is 3. The van der Waals surface area contributed by atoms with E-state index in [0.717, 1.165) is 11.1 Å². The average Bonchev–Trinajstić information content (AvgIpc) is 2.52. The zero-order chi connectivity index (χ0) is 14.4. The molecule has 2 rings (SSSR count). The molecule has 104 valence electrons. The predicted molar refractivity (Wildman–Crippen MR) is 80.3 cm³/mol. The van der Waals surface area contributed by atoms with Crippen LogP contribution in [-0.2, 0) is 0 Å². The molecular weight excluding hydrogens is 252 g/mol. The Kier molecular flexibility index (Phi) is 4.66. The minimum atomic E-state index is 0.577. The van der Waals surface area contributed by atoms with Crippen molar-refractivity contribution >= 4 is 5.57 Å². The molecule has 3 nitrogen and oxygen atoms in total. The van der Waals surface area contributed by atoms with Gasteiger partial charge in [0.15, 0.2) is 11.5 Å². The lowest BCUT2D eigenvalue weighted by molar-refractivity contribution is 0.346. The molecule has 0 atom stereocenters. The van der Waals surface area contributed by atoms with Gasteiger partial charge in [-0.05, 0) is 30.2 Å². The van der Waals surface area contributed by atoms with Gasteiger partial charge in [0, 0.05) is 0 Å². The maximum absolute atomic E-state index is 5.75. The van der Waals surface area contributed by atoms with Crippen LogP contribution in [0.3, 0.4) is 0 Å². The van der Waals surface area contributed by atoms with Crippen LogP contribution in [-0.4, -0.2) is 14.2 Å². The predicted octanol–water partition coefficient (Wildman–Crippen LogP) is 4.14. The summed E-state index contributed by atoms with van der Waals surface area (Å²) in [5, 5.41) is 0. The molecule has 0 N–H and O–H groups in total. The highest BCUT2D eigenvalue weighted by Gasteiger charge is 2.10. The van der Waals surface area contributed by atoms with Crippen molar-refractivity contribution in [2.75, 3.05) is 14.2 Å². The molecular formula is C17H18O3. The highest BCUT2D eigenvalue weighted by atomic mass is 16.5. The van der Waals surface area contributed by atoms with Gasteiger partial charge in [0.25, 0.3) is 0 Å². The molecule has 0 aliphatic heterocycles. The molecule has 0 aliphatic rings. The first kappa shape index (κ1) is 14.0. The van der Waals surface area contributed by atoms with Crippen LogP contribution in [0.2, 0.25) is 0 Å². The normalized spacial score (nSPS) is 11.1. The smallest absolute Gasteiger partial charge is 0.210 e. The highest BCUT2D eigenvalue weighted by molar-refractivity contribution is 5.63. The van der Waals surface area contributed by atoms with Crippen LogP contribution in [0.1, 0.15) is 12.5 Å². The first-order chi connectivity index (χ1) is 9.76. The SMILES string of the molecule is COc1cccc(OC)c1O/C=C(\C)c1ccccc1. The molecule has 0 aliphatic carbocycles. The van der Waals surface area contributed by atoms with Crippen LogP contribution in [0.15, 0.2) is 54.8 Å². The second-order valence-electron chi connectivity index (χ2n) is 4.28. The van der Waals surface area contributed by atoms with Crippen LogP contribution in [0.5, 0.6) is 17.2 Å². The topological polar surface area (TPSA) is 27.7 Å². The van der Waals surface area contributed by atoms with Crippen molar-refractivity contribution < 1.29 is 14.2 Å². The summed E-state index contributed by atoms with van der Waals surface area (Å²) in [5.74, 6) is 1.86. The molecule has 20 heavy (non-hydrogen) atoms. The fourth-order valence-corrected chi connectivity index (χ4v) is 1.85. The molecule has 0 unspecified atom stereocenters. The second kappa shape index (κ2) is 6.66. The Bertz CT molecular complexity index is 566. The van der Waals surface area contributed by atoms with Gasteiger partial charge >= 0.3 is 0 Å². The molecule has 0 bridgehead atoms. The van der Waals surface area contributed by atoms with Gasteiger partial charge in [-0.15, -0.1) is 0 Å². The van der Waals surface area contributed by atoms with Gasteiger partial charge in [-0.1, -0.05) is 36.4 Å². The van der Waals surface area contributed by atoms with E-state index in [0.29, 0.717) is 17.2 Å². The number of allylic oxidation sites excluding steroid dienone is 1. The minimum absolute atomic E-state index is 0.577.